The van der Waals surface area contributed by atoms with E-state index >= 15 is 0 Å². The molecule has 4 fully saturated rings. The second-order valence-corrected chi connectivity index (χ2v) is 11.2. The lowest BCUT2D eigenvalue weighted by atomic mass is 9.53. The molecule has 0 aromatic heterocycles. The van der Waals surface area contributed by atoms with Gasteiger partial charge in [0.05, 0.1) is 11.9 Å². The van der Waals surface area contributed by atoms with Gasteiger partial charge in [0.15, 0.2) is 0 Å². The summed E-state index contributed by atoms with van der Waals surface area (Å²) in [5.74, 6) is 2.04. The Labute approximate surface area is 162 Å². The van der Waals surface area contributed by atoms with Gasteiger partial charge in [0.1, 0.15) is 6.54 Å². The Bertz CT molecular complexity index is 827. The minimum absolute atomic E-state index is 0.101. The fraction of sp³-hybridized carbons (Fsp3) is 0.667. The van der Waals surface area contributed by atoms with Crippen LogP contribution in [-0.4, -0.2) is 32.7 Å². The average molecular weight is 391 g/mol. The van der Waals surface area contributed by atoms with Crippen LogP contribution < -0.4 is 9.62 Å². The molecule has 6 heteroatoms. The molecule has 4 aliphatic rings. The van der Waals surface area contributed by atoms with Gasteiger partial charge in [0.25, 0.3) is 0 Å². The highest BCUT2D eigenvalue weighted by Crippen LogP contribution is 2.55. The molecule has 0 aliphatic heterocycles. The summed E-state index contributed by atoms with van der Waals surface area (Å²) in [6.07, 6.45) is 8.30. The number of hydrogen-bond acceptors (Lipinski definition) is 3. The smallest absolute Gasteiger partial charge is 0.241 e. The standard InChI is InChI=1S/C21H30N2O3S/c1-14-4-5-15(2)19(6-14)23(27(3,25)26)13-20(24)22-21-10-16-7-17(11-21)9-18(8-16)12-21/h4-6,16-18H,7-13H2,1-3H3,(H,22,24). The summed E-state index contributed by atoms with van der Waals surface area (Å²) < 4.78 is 26.1. The number of nitrogens with zero attached hydrogens (tertiary/aromatic N) is 1. The minimum atomic E-state index is -3.55. The molecule has 148 valence electrons. The number of aryl methyl sites for hydroxylation is 2. The first kappa shape index (κ1) is 18.8. The summed E-state index contributed by atoms with van der Waals surface area (Å²) in [5.41, 5.74) is 2.33. The number of benzene rings is 1. The van der Waals surface area contributed by atoms with Crippen molar-refractivity contribution in [2.75, 3.05) is 17.1 Å². The van der Waals surface area contributed by atoms with Crippen LogP contribution in [0.25, 0.3) is 0 Å². The highest BCUT2D eigenvalue weighted by molar-refractivity contribution is 7.92. The zero-order valence-electron chi connectivity index (χ0n) is 16.5. The van der Waals surface area contributed by atoms with Gasteiger partial charge >= 0.3 is 0 Å². The quantitative estimate of drug-likeness (QED) is 0.840. The molecule has 0 saturated heterocycles. The van der Waals surface area contributed by atoms with E-state index in [2.05, 4.69) is 5.32 Å². The maximum Gasteiger partial charge on any atom is 0.241 e. The molecule has 4 aliphatic carbocycles. The average Bonchev–Trinajstić information content (AvgIpc) is 2.52. The molecule has 1 N–H and O–H groups in total. The van der Waals surface area contributed by atoms with Gasteiger partial charge in [0, 0.05) is 5.54 Å². The molecule has 5 nitrogen and oxygen atoms in total. The third-order valence-corrected chi connectivity index (χ3v) is 7.89. The molecule has 27 heavy (non-hydrogen) atoms. The molecule has 1 aromatic carbocycles. The van der Waals surface area contributed by atoms with Gasteiger partial charge in [-0.25, -0.2) is 8.42 Å². The number of anilines is 1. The molecular formula is C21H30N2O3S. The Morgan fingerprint density at radius 2 is 1.67 bits per heavy atom. The van der Waals surface area contributed by atoms with Gasteiger partial charge in [-0.2, -0.15) is 0 Å². The maximum absolute atomic E-state index is 12.9. The van der Waals surface area contributed by atoms with E-state index in [1.807, 2.05) is 32.0 Å². The molecule has 1 amide bonds. The van der Waals surface area contributed by atoms with Crippen molar-refractivity contribution in [1.29, 1.82) is 0 Å². The number of rotatable bonds is 5. The monoisotopic (exact) mass is 390 g/mol. The minimum Gasteiger partial charge on any atom is -0.349 e. The fourth-order valence-corrected chi connectivity index (χ4v) is 7.00. The molecule has 0 unspecified atom stereocenters. The van der Waals surface area contributed by atoms with Crippen molar-refractivity contribution in [3.63, 3.8) is 0 Å². The van der Waals surface area contributed by atoms with Crippen molar-refractivity contribution in [1.82, 2.24) is 5.32 Å². The first-order valence-corrected chi connectivity index (χ1v) is 11.8. The summed E-state index contributed by atoms with van der Waals surface area (Å²) in [5, 5.41) is 3.29. The molecule has 4 saturated carbocycles. The first-order chi connectivity index (χ1) is 12.6. The largest absolute Gasteiger partial charge is 0.349 e. The second-order valence-electron chi connectivity index (χ2n) is 9.31. The maximum atomic E-state index is 12.9. The molecule has 5 rings (SSSR count). The SMILES string of the molecule is Cc1ccc(C)c(N(CC(=O)NC23CC4CC(CC(C4)C2)C3)S(C)(=O)=O)c1. The number of hydrogen-bond donors (Lipinski definition) is 1. The van der Waals surface area contributed by atoms with E-state index < -0.39 is 10.0 Å². The van der Waals surface area contributed by atoms with Crippen LogP contribution in [0.3, 0.4) is 0 Å². The lowest BCUT2D eigenvalue weighted by Crippen LogP contribution is -2.61. The van der Waals surface area contributed by atoms with Crippen LogP contribution >= 0.6 is 0 Å². The van der Waals surface area contributed by atoms with Gasteiger partial charge < -0.3 is 5.32 Å². The third kappa shape index (κ3) is 3.73. The zero-order valence-corrected chi connectivity index (χ0v) is 17.3. The summed E-state index contributed by atoms with van der Waals surface area (Å²) in [4.78, 5) is 12.9. The highest BCUT2D eigenvalue weighted by Gasteiger charge is 2.51. The summed E-state index contributed by atoms with van der Waals surface area (Å²) in [6, 6.07) is 5.70. The fourth-order valence-electron chi connectivity index (χ4n) is 6.10. The van der Waals surface area contributed by atoms with Crippen molar-refractivity contribution >= 4 is 21.6 Å². The van der Waals surface area contributed by atoms with Crippen LogP contribution in [0, 0.1) is 31.6 Å². The summed E-state index contributed by atoms with van der Waals surface area (Å²) in [7, 11) is -3.55. The van der Waals surface area contributed by atoms with Crippen LogP contribution in [0.15, 0.2) is 18.2 Å². The van der Waals surface area contributed by atoms with Crippen LogP contribution in [0.1, 0.15) is 49.7 Å². The summed E-state index contributed by atoms with van der Waals surface area (Å²) >= 11 is 0. The van der Waals surface area contributed by atoms with E-state index in [4.69, 9.17) is 0 Å². The predicted molar refractivity (Wildman–Crippen MR) is 107 cm³/mol. The van der Waals surface area contributed by atoms with Gasteiger partial charge in [-0.05, 0) is 87.3 Å². The number of amides is 1. The van der Waals surface area contributed by atoms with Crippen LogP contribution in [0.5, 0.6) is 0 Å². The van der Waals surface area contributed by atoms with E-state index in [1.165, 1.54) is 29.8 Å². The van der Waals surface area contributed by atoms with Gasteiger partial charge in [-0.3, -0.25) is 9.10 Å². The van der Waals surface area contributed by atoms with Crippen LogP contribution in [0.4, 0.5) is 5.69 Å². The first-order valence-electron chi connectivity index (χ1n) is 9.99. The Morgan fingerprint density at radius 3 is 2.19 bits per heavy atom. The molecule has 0 radical (unpaired) electrons. The highest BCUT2D eigenvalue weighted by atomic mass is 32.2. The van der Waals surface area contributed by atoms with Gasteiger partial charge in [0.2, 0.25) is 15.9 Å². The van der Waals surface area contributed by atoms with Crippen molar-refractivity contribution in [3.8, 4) is 0 Å². The molecule has 0 heterocycles. The number of carbonyl (C=O) groups excluding carboxylic acids is 1. The lowest BCUT2D eigenvalue weighted by Gasteiger charge is -2.57. The van der Waals surface area contributed by atoms with E-state index in [-0.39, 0.29) is 18.0 Å². The van der Waals surface area contributed by atoms with Crippen LogP contribution in [0.2, 0.25) is 0 Å². The van der Waals surface area contributed by atoms with Crippen molar-refractivity contribution in [2.45, 2.75) is 57.9 Å². The Morgan fingerprint density at radius 1 is 1.11 bits per heavy atom. The van der Waals surface area contributed by atoms with Crippen LogP contribution in [-0.2, 0) is 14.8 Å². The normalized spacial score (nSPS) is 31.7. The van der Waals surface area contributed by atoms with E-state index in [0.29, 0.717) is 5.69 Å². The van der Waals surface area contributed by atoms with Crippen molar-refractivity contribution < 1.29 is 13.2 Å². The van der Waals surface area contributed by atoms with Crippen molar-refractivity contribution in [3.05, 3.63) is 29.3 Å². The Kier molecular flexibility index (Phi) is 4.53. The third-order valence-electron chi connectivity index (χ3n) is 6.76. The molecule has 0 spiro atoms. The zero-order chi connectivity index (χ0) is 19.4. The van der Waals surface area contributed by atoms with E-state index in [0.717, 1.165) is 48.1 Å². The molecule has 0 atom stereocenters. The Hall–Kier alpha value is -1.56. The van der Waals surface area contributed by atoms with Crippen molar-refractivity contribution in [2.24, 2.45) is 17.8 Å². The molecular weight excluding hydrogens is 360 g/mol. The Balaban J connectivity index is 1.54. The topological polar surface area (TPSA) is 66.5 Å². The molecule has 1 aromatic rings. The summed E-state index contributed by atoms with van der Waals surface area (Å²) in [6.45, 7) is 3.66. The van der Waals surface area contributed by atoms with E-state index in [1.54, 1.807) is 0 Å². The predicted octanol–water partition coefficient (Wildman–Crippen LogP) is 3.15. The number of nitrogens with one attached hydrogen (secondary N) is 1. The van der Waals surface area contributed by atoms with Gasteiger partial charge in [-0.1, -0.05) is 12.1 Å². The molecule has 4 bridgehead atoms. The second kappa shape index (κ2) is 6.50. The van der Waals surface area contributed by atoms with Gasteiger partial charge in [-0.15, -0.1) is 0 Å². The number of carbonyl (C=O) groups is 1. The number of sulfonamides is 1. The van der Waals surface area contributed by atoms with E-state index in [9.17, 15) is 13.2 Å². The lowest BCUT2D eigenvalue weighted by molar-refractivity contribution is -0.125.